The Morgan fingerprint density at radius 3 is 2.74 bits per heavy atom. The highest BCUT2D eigenvalue weighted by atomic mass is 32.2. The van der Waals surface area contributed by atoms with Crippen LogP contribution in [0.2, 0.25) is 0 Å². The normalized spacial score (nSPS) is 23.4. The van der Waals surface area contributed by atoms with Crippen LogP contribution in [0.1, 0.15) is 18.4 Å². The summed E-state index contributed by atoms with van der Waals surface area (Å²) in [6.45, 7) is 0. The number of benzene rings is 1. The van der Waals surface area contributed by atoms with Gasteiger partial charge in [-0.15, -0.1) is 0 Å². The van der Waals surface area contributed by atoms with Crippen molar-refractivity contribution in [1.29, 1.82) is 0 Å². The molecule has 0 bridgehead atoms. The molecule has 2 rings (SSSR count). The van der Waals surface area contributed by atoms with Gasteiger partial charge in [0.1, 0.15) is 5.82 Å². The molecule has 1 saturated heterocycles. The van der Waals surface area contributed by atoms with Crippen molar-refractivity contribution in [2.24, 2.45) is 5.92 Å². The van der Waals surface area contributed by atoms with Crippen molar-refractivity contribution in [2.75, 3.05) is 18.6 Å². The first-order chi connectivity index (χ1) is 9.00. The lowest BCUT2D eigenvalue weighted by Crippen LogP contribution is -2.30. The summed E-state index contributed by atoms with van der Waals surface area (Å²) in [7, 11) is -0.990. The van der Waals surface area contributed by atoms with Crippen LogP contribution >= 0.6 is 0 Å². The summed E-state index contributed by atoms with van der Waals surface area (Å²) in [4.78, 5) is 0. The molecule has 1 aliphatic rings. The summed E-state index contributed by atoms with van der Waals surface area (Å²) < 4.78 is 36.5. The average Bonchev–Trinajstić information content (AvgIpc) is 2.70. The van der Waals surface area contributed by atoms with Gasteiger partial charge in [-0.25, -0.2) is 12.8 Å². The van der Waals surface area contributed by atoms with Gasteiger partial charge in [-0.2, -0.15) is 0 Å². The van der Waals surface area contributed by atoms with Crippen molar-refractivity contribution in [3.63, 3.8) is 0 Å². The SMILES string of the molecule is CNC(Cc1ccccc1F)CC1CCS(=O)(=O)C1. The highest BCUT2D eigenvalue weighted by Crippen LogP contribution is 2.24. The van der Waals surface area contributed by atoms with E-state index in [2.05, 4.69) is 5.32 Å². The number of hydrogen-bond donors (Lipinski definition) is 1. The van der Waals surface area contributed by atoms with Crippen LogP contribution in [0.15, 0.2) is 24.3 Å². The van der Waals surface area contributed by atoms with Gasteiger partial charge >= 0.3 is 0 Å². The van der Waals surface area contributed by atoms with E-state index in [1.54, 1.807) is 12.1 Å². The maximum atomic E-state index is 13.6. The van der Waals surface area contributed by atoms with E-state index in [1.165, 1.54) is 6.07 Å². The molecule has 1 aromatic carbocycles. The van der Waals surface area contributed by atoms with Gasteiger partial charge in [-0.1, -0.05) is 18.2 Å². The minimum Gasteiger partial charge on any atom is -0.317 e. The Morgan fingerprint density at radius 1 is 1.42 bits per heavy atom. The van der Waals surface area contributed by atoms with Crippen molar-refractivity contribution in [3.05, 3.63) is 35.6 Å². The molecule has 1 N–H and O–H groups in total. The van der Waals surface area contributed by atoms with Crippen LogP contribution < -0.4 is 5.32 Å². The lowest BCUT2D eigenvalue weighted by molar-refractivity contribution is 0.419. The minimum absolute atomic E-state index is 0.121. The zero-order valence-corrected chi connectivity index (χ0v) is 11.9. The second-order valence-corrected chi connectivity index (χ2v) is 7.51. The maximum Gasteiger partial charge on any atom is 0.150 e. The maximum absolute atomic E-state index is 13.6. The molecule has 1 fully saturated rings. The molecule has 2 atom stereocenters. The van der Waals surface area contributed by atoms with Crippen LogP contribution in [-0.4, -0.2) is 33.0 Å². The van der Waals surface area contributed by atoms with E-state index in [4.69, 9.17) is 0 Å². The van der Waals surface area contributed by atoms with Crippen LogP contribution in [0.4, 0.5) is 4.39 Å². The number of likely N-dealkylation sites (N-methyl/N-ethyl adjacent to an activating group) is 1. The third-order valence-corrected chi connectivity index (χ3v) is 5.61. The lowest BCUT2D eigenvalue weighted by atomic mass is 9.94. The van der Waals surface area contributed by atoms with Crippen molar-refractivity contribution < 1.29 is 12.8 Å². The van der Waals surface area contributed by atoms with Crippen LogP contribution in [0.25, 0.3) is 0 Å². The number of hydrogen-bond acceptors (Lipinski definition) is 3. The van der Waals surface area contributed by atoms with E-state index < -0.39 is 9.84 Å². The molecule has 1 heterocycles. The van der Waals surface area contributed by atoms with Gasteiger partial charge in [0, 0.05) is 6.04 Å². The molecule has 5 heteroatoms. The largest absolute Gasteiger partial charge is 0.317 e. The first-order valence-electron chi connectivity index (χ1n) is 6.61. The predicted molar refractivity (Wildman–Crippen MR) is 74.3 cm³/mol. The monoisotopic (exact) mass is 285 g/mol. The summed E-state index contributed by atoms with van der Waals surface area (Å²) in [6, 6.07) is 6.87. The number of rotatable bonds is 5. The number of halogens is 1. The zero-order chi connectivity index (χ0) is 13.9. The molecule has 3 nitrogen and oxygen atoms in total. The summed E-state index contributed by atoms with van der Waals surface area (Å²) in [5.41, 5.74) is 0.683. The van der Waals surface area contributed by atoms with E-state index in [0.29, 0.717) is 17.7 Å². The van der Waals surface area contributed by atoms with Gasteiger partial charge in [0.25, 0.3) is 0 Å². The van der Waals surface area contributed by atoms with E-state index in [-0.39, 0.29) is 23.5 Å². The fourth-order valence-electron chi connectivity index (χ4n) is 2.69. The van der Waals surface area contributed by atoms with Crippen LogP contribution in [0.5, 0.6) is 0 Å². The quantitative estimate of drug-likeness (QED) is 0.897. The van der Waals surface area contributed by atoms with E-state index >= 15 is 0 Å². The molecule has 1 aliphatic heterocycles. The summed E-state index contributed by atoms with van der Waals surface area (Å²) in [5.74, 6) is 0.590. The second-order valence-electron chi connectivity index (χ2n) is 5.29. The van der Waals surface area contributed by atoms with E-state index in [9.17, 15) is 12.8 Å². The van der Waals surface area contributed by atoms with Gasteiger partial charge in [0.15, 0.2) is 9.84 Å². The molecule has 106 valence electrons. The topological polar surface area (TPSA) is 46.2 Å². The van der Waals surface area contributed by atoms with Crippen molar-refractivity contribution in [2.45, 2.75) is 25.3 Å². The van der Waals surface area contributed by atoms with E-state index in [0.717, 1.165) is 12.8 Å². The molecular weight excluding hydrogens is 265 g/mol. The Hall–Kier alpha value is -0.940. The average molecular weight is 285 g/mol. The molecule has 1 aromatic rings. The first kappa shape index (κ1) is 14.5. The summed E-state index contributed by atoms with van der Waals surface area (Å²) >= 11 is 0. The molecule has 0 aliphatic carbocycles. The Balaban J connectivity index is 1.96. The van der Waals surface area contributed by atoms with Gasteiger partial charge in [0.05, 0.1) is 11.5 Å². The Bertz CT molecular complexity index is 530. The highest BCUT2D eigenvalue weighted by Gasteiger charge is 2.29. The lowest BCUT2D eigenvalue weighted by Gasteiger charge is -2.19. The van der Waals surface area contributed by atoms with Gasteiger partial charge in [-0.3, -0.25) is 0 Å². The number of sulfone groups is 1. The molecule has 2 unspecified atom stereocenters. The molecule has 0 amide bonds. The van der Waals surface area contributed by atoms with Crippen LogP contribution in [0, 0.1) is 11.7 Å². The third kappa shape index (κ3) is 4.01. The molecule has 19 heavy (non-hydrogen) atoms. The fourth-order valence-corrected chi connectivity index (χ4v) is 4.57. The van der Waals surface area contributed by atoms with Crippen molar-refractivity contribution >= 4 is 9.84 Å². The fraction of sp³-hybridized carbons (Fsp3) is 0.571. The van der Waals surface area contributed by atoms with Gasteiger partial charge in [0.2, 0.25) is 0 Å². The smallest absolute Gasteiger partial charge is 0.150 e. The first-order valence-corrected chi connectivity index (χ1v) is 8.43. The number of nitrogens with one attached hydrogen (secondary N) is 1. The summed E-state index contributed by atoms with van der Waals surface area (Å²) in [6.07, 6.45) is 2.11. The highest BCUT2D eigenvalue weighted by molar-refractivity contribution is 7.91. The van der Waals surface area contributed by atoms with Crippen molar-refractivity contribution in [3.8, 4) is 0 Å². The van der Waals surface area contributed by atoms with E-state index in [1.807, 2.05) is 13.1 Å². The van der Waals surface area contributed by atoms with Crippen molar-refractivity contribution in [1.82, 2.24) is 5.32 Å². The third-order valence-electron chi connectivity index (χ3n) is 3.78. The molecule has 0 radical (unpaired) electrons. The molecule has 0 aromatic heterocycles. The van der Waals surface area contributed by atoms with Gasteiger partial charge < -0.3 is 5.32 Å². The molecular formula is C14H20FNO2S. The van der Waals surface area contributed by atoms with Crippen LogP contribution in [0.3, 0.4) is 0 Å². The second kappa shape index (κ2) is 6.01. The van der Waals surface area contributed by atoms with Gasteiger partial charge in [-0.05, 0) is 43.9 Å². The standard InChI is InChI=1S/C14H20FNO2S/c1-16-13(8-11-6-7-19(17,18)10-11)9-12-4-2-3-5-14(12)15/h2-5,11,13,16H,6-10H2,1H3. The minimum atomic E-state index is -2.83. The Kier molecular flexibility index (Phi) is 4.58. The predicted octanol–water partition coefficient (Wildman–Crippen LogP) is 1.78. The Morgan fingerprint density at radius 2 is 2.16 bits per heavy atom. The zero-order valence-electron chi connectivity index (χ0n) is 11.1. The molecule has 0 spiro atoms. The molecule has 0 saturated carbocycles. The Labute approximate surface area is 114 Å². The van der Waals surface area contributed by atoms with Crippen LogP contribution in [-0.2, 0) is 16.3 Å². The summed E-state index contributed by atoms with van der Waals surface area (Å²) in [5, 5.41) is 3.17.